The molecule has 1 fully saturated rings. The maximum atomic E-state index is 6.44. The minimum atomic E-state index is -0.327. The van der Waals surface area contributed by atoms with Crippen molar-refractivity contribution in [2.45, 2.75) is 12.1 Å². The number of aromatic nitrogens is 1. The van der Waals surface area contributed by atoms with E-state index in [4.69, 9.17) is 56.2 Å². The lowest BCUT2D eigenvalue weighted by atomic mass is 10.0. The Morgan fingerprint density at radius 1 is 1.00 bits per heavy atom. The van der Waals surface area contributed by atoms with E-state index >= 15 is 0 Å². The predicted octanol–water partition coefficient (Wildman–Crippen LogP) is 7.49. The van der Waals surface area contributed by atoms with Crippen LogP contribution in [0.2, 0.25) is 15.1 Å². The number of hydrogen-bond acceptors (Lipinski definition) is 4. The molecule has 1 N–H and O–H groups in total. The zero-order valence-corrected chi connectivity index (χ0v) is 20.9. The SMILES string of the molecule is COc1ccc(N2C(=S)N[C@H](c3ccccn3)[C@@H]2c2ccc(-c3ccc(Cl)cc3Cl)o2)cc1Cl. The first-order valence-electron chi connectivity index (χ1n) is 10.4. The molecule has 34 heavy (non-hydrogen) atoms. The number of benzene rings is 2. The van der Waals surface area contributed by atoms with E-state index in [1.165, 1.54) is 0 Å². The van der Waals surface area contributed by atoms with Crippen molar-refractivity contribution in [3.63, 3.8) is 0 Å². The number of nitrogens with zero attached hydrogens (tertiary/aromatic N) is 2. The zero-order valence-electron chi connectivity index (χ0n) is 17.8. The third-order valence-electron chi connectivity index (χ3n) is 5.63. The first kappa shape index (κ1) is 23.0. The highest BCUT2D eigenvalue weighted by Crippen LogP contribution is 2.44. The molecule has 1 saturated heterocycles. The lowest BCUT2D eigenvalue weighted by Crippen LogP contribution is -2.29. The van der Waals surface area contributed by atoms with Crippen molar-refractivity contribution >= 4 is 57.8 Å². The van der Waals surface area contributed by atoms with Gasteiger partial charge in [0.05, 0.1) is 28.9 Å². The summed E-state index contributed by atoms with van der Waals surface area (Å²) in [5.41, 5.74) is 2.38. The maximum absolute atomic E-state index is 6.44. The van der Waals surface area contributed by atoms with Crippen LogP contribution in [-0.4, -0.2) is 17.2 Å². The smallest absolute Gasteiger partial charge is 0.174 e. The molecule has 4 aromatic rings. The van der Waals surface area contributed by atoms with Gasteiger partial charge in [-0.05, 0) is 72.9 Å². The van der Waals surface area contributed by atoms with Crippen LogP contribution in [0.3, 0.4) is 0 Å². The van der Waals surface area contributed by atoms with Gasteiger partial charge in [-0.1, -0.05) is 40.9 Å². The van der Waals surface area contributed by atoms with Crippen molar-refractivity contribution < 1.29 is 9.15 Å². The molecular formula is C25H18Cl3N3O2S. The van der Waals surface area contributed by atoms with Crippen LogP contribution < -0.4 is 15.0 Å². The van der Waals surface area contributed by atoms with Crippen LogP contribution in [0, 0.1) is 0 Å². The summed E-state index contributed by atoms with van der Waals surface area (Å²) in [6.07, 6.45) is 1.76. The summed E-state index contributed by atoms with van der Waals surface area (Å²) in [4.78, 5) is 6.54. The summed E-state index contributed by atoms with van der Waals surface area (Å²) < 4.78 is 11.7. The van der Waals surface area contributed by atoms with Crippen LogP contribution >= 0.6 is 47.0 Å². The summed E-state index contributed by atoms with van der Waals surface area (Å²) >= 11 is 24.7. The lowest BCUT2D eigenvalue weighted by Gasteiger charge is -2.26. The minimum absolute atomic E-state index is 0.255. The number of hydrogen-bond donors (Lipinski definition) is 1. The van der Waals surface area contributed by atoms with Crippen molar-refractivity contribution in [2.75, 3.05) is 12.0 Å². The van der Waals surface area contributed by atoms with E-state index in [9.17, 15) is 0 Å². The fraction of sp³-hybridized carbons (Fsp3) is 0.120. The van der Waals surface area contributed by atoms with Crippen LogP contribution in [0.4, 0.5) is 5.69 Å². The molecular weight excluding hydrogens is 513 g/mol. The third kappa shape index (κ3) is 4.23. The van der Waals surface area contributed by atoms with Crippen molar-refractivity contribution in [2.24, 2.45) is 0 Å². The summed E-state index contributed by atoms with van der Waals surface area (Å²) in [7, 11) is 1.58. The quantitative estimate of drug-likeness (QED) is 0.270. The van der Waals surface area contributed by atoms with Gasteiger partial charge in [0, 0.05) is 22.5 Å². The van der Waals surface area contributed by atoms with E-state index in [0.717, 1.165) is 16.9 Å². The second-order valence-corrected chi connectivity index (χ2v) is 9.28. The number of ether oxygens (including phenoxy) is 1. The highest BCUT2D eigenvalue weighted by atomic mass is 35.5. The monoisotopic (exact) mass is 529 g/mol. The van der Waals surface area contributed by atoms with Crippen LogP contribution in [0.25, 0.3) is 11.3 Å². The van der Waals surface area contributed by atoms with Gasteiger partial charge < -0.3 is 19.4 Å². The number of anilines is 1. The number of methoxy groups -OCH3 is 1. The molecule has 0 radical (unpaired) electrons. The second-order valence-electron chi connectivity index (χ2n) is 7.64. The average molecular weight is 531 g/mol. The Bertz CT molecular complexity index is 1360. The topological polar surface area (TPSA) is 50.5 Å². The normalized spacial score (nSPS) is 17.6. The minimum Gasteiger partial charge on any atom is -0.495 e. The van der Waals surface area contributed by atoms with Crippen LogP contribution in [0.15, 0.2) is 77.3 Å². The van der Waals surface area contributed by atoms with Gasteiger partial charge in [0.25, 0.3) is 0 Å². The zero-order chi connectivity index (χ0) is 23.8. The number of thiocarbonyl (C=S) groups is 1. The van der Waals surface area contributed by atoms with Crippen LogP contribution in [0.5, 0.6) is 5.75 Å². The molecule has 0 aliphatic carbocycles. The van der Waals surface area contributed by atoms with E-state index in [1.807, 2.05) is 59.5 Å². The van der Waals surface area contributed by atoms with E-state index in [0.29, 0.717) is 37.5 Å². The molecule has 1 aliphatic rings. The van der Waals surface area contributed by atoms with E-state index in [1.54, 1.807) is 25.4 Å². The first-order chi connectivity index (χ1) is 16.5. The molecule has 0 bridgehead atoms. The van der Waals surface area contributed by atoms with Gasteiger partial charge in [-0.2, -0.15) is 0 Å². The molecule has 0 spiro atoms. The standard InChI is InChI=1S/C25H18Cl3N3O2S/c1-32-21-8-6-15(13-18(21)28)31-24(23(30-25(31)34)19-4-2-3-11-29-19)22-10-9-20(33-22)16-7-5-14(26)12-17(16)27/h2-13,23-24H,1H3,(H,30,34)/t23-,24+/m1/s1. The van der Waals surface area contributed by atoms with Gasteiger partial charge in [0.1, 0.15) is 23.3 Å². The van der Waals surface area contributed by atoms with Gasteiger partial charge in [-0.15, -0.1) is 0 Å². The van der Waals surface area contributed by atoms with E-state index < -0.39 is 0 Å². The highest BCUT2D eigenvalue weighted by Gasteiger charge is 2.42. The summed E-state index contributed by atoms with van der Waals surface area (Å²) in [6, 6.07) is 19.9. The molecule has 9 heteroatoms. The van der Waals surface area contributed by atoms with Crippen LogP contribution in [-0.2, 0) is 0 Å². The molecule has 2 atom stereocenters. The second kappa shape index (κ2) is 9.47. The van der Waals surface area contributed by atoms with Gasteiger partial charge >= 0.3 is 0 Å². The Balaban J connectivity index is 1.61. The predicted molar refractivity (Wildman–Crippen MR) is 140 cm³/mol. The number of rotatable bonds is 5. The number of nitrogens with one attached hydrogen (secondary N) is 1. The molecule has 3 heterocycles. The Labute approximate surface area is 217 Å². The van der Waals surface area contributed by atoms with E-state index in [-0.39, 0.29) is 12.1 Å². The van der Waals surface area contributed by atoms with Crippen molar-refractivity contribution in [3.8, 4) is 17.1 Å². The third-order valence-corrected chi connectivity index (χ3v) is 6.78. The highest BCUT2D eigenvalue weighted by molar-refractivity contribution is 7.80. The molecule has 2 aromatic heterocycles. The number of furan rings is 1. The fourth-order valence-corrected chi connectivity index (χ4v) is 5.17. The first-order valence-corrected chi connectivity index (χ1v) is 11.9. The Morgan fingerprint density at radius 3 is 2.56 bits per heavy atom. The van der Waals surface area contributed by atoms with Crippen molar-refractivity contribution in [3.05, 3.63) is 99.4 Å². The van der Waals surface area contributed by atoms with Gasteiger partial charge in [-0.25, -0.2) is 0 Å². The van der Waals surface area contributed by atoms with Crippen molar-refractivity contribution in [1.82, 2.24) is 10.3 Å². The summed E-state index contributed by atoms with van der Waals surface area (Å²) in [5.74, 6) is 1.90. The van der Waals surface area contributed by atoms with Gasteiger partial charge in [0.2, 0.25) is 0 Å². The Morgan fingerprint density at radius 2 is 1.85 bits per heavy atom. The molecule has 5 rings (SSSR count). The molecule has 2 aromatic carbocycles. The summed E-state index contributed by atoms with van der Waals surface area (Å²) in [6.45, 7) is 0. The molecule has 0 saturated carbocycles. The molecule has 0 amide bonds. The van der Waals surface area contributed by atoms with Crippen LogP contribution in [0.1, 0.15) is 23.5 Å². The number of pyridine rings is 1. The maximum Gasteiger partial charge on any atom is 0.174 e. The molecule has 5 nitrogen and oxygen atoms in total. The molecule has 1 aliphatic heterocycles. The Hall–Kier alpha value is -2.77. The summed E-state index contributed by atoms with van der Waals surface area (Å²) in [5, 5.41) is 5.48. The van der Waals surface area contributed by atoms with Gasteiger partial charge in [0.15, 0.2) is 5.11 Å². The number of halogens is 3. The largest absolute Gasteiger partial charge is 0.495 e. The lowest BCUT2D eigenvalue weighted by molar-refractivity contribution is 0.415. The van der Waals surface area contributed by atoms with Gasteiger partial charge in [-0.3, -0.25) is 4.98 Å². The Kier molecular flexibility index (Phi) is 6.40. The van der Waals surface area contributed by atoms with Crippen molar-refractivity contribution in [1.29, 1.82) is 0 Å². The fourth-order valence-electron chi connectivity index (χ4n) is 4.07. The average Bonchev–Trinajstić information content (AvgIpc) is 3.44. The molecule has 172 valence electrons. The molecule has 0 unspecified atom stereocenters. The van der Waals surface area contributed by atoms with E-state index in [2.05, 4.69) is 10.3 Å².